The molecule has 0 bridgehead atoms. The van der Waals surface area contributed by atoms with Gasteiger partial charge in [0.05, 0.1) is 18.4 Å². The third kappa shape index (κ3) is 7.30. The zero-order valence-corrected chi connectivity index (χ0v) is 18.9. The molecule has 34 heavy (non-hydrogen) atoms. The lowest BCUT2D eigenvalue weighted by molar-refractivity contribution is -0.136. The smallest absolute Gasteiger partial charge is 0.343 e. The zero-order chi connectivity index (χ0) is 24.3. The molecule has 3 aromatic carbocycles. The van der Waals surface area contributed by atoms with E-state index in [1.165, 1.54) is 6.21 Å². The maximum Gasteiger partial charge on any atom is 0.343 e. The topological polar surface area (TPSA) is 106 Å². The maximum absolute atomic E-state index is 12.3. The van der Waals surface area contributed by atoms with Gasteiger partial charge >= 0.3 is 17.8 Å². The Morgan fingerprint density at radius 1 is 0.912 bits per heavy atom. The number of carbonyl (C=O) groups is 3. The van der Waals surface area contributed by atoms with Crippen molar-refractivity contribution in [1.29, 1.82) is 0 Å². The van der Waals surface area contributed by atoms with Gasteiger partial charge in [-0.2, -0.15) is 5.10 Å². The van der Waals surface area contributed by atoms with E-state index < -0.39 is 17.8 Å². The molecule has 3 rings (SSSR count). The molecule has 0 aliphatic rings. The van der Waals surface area contributed by atoms with Crippen LogP contribution in [0, 0.1) is 6.92 Å². The second-order valence-electron chi connectivity index (χ2n) is 7.35. The van der Waals surface area contributed by atoms with Gasteiger partial charge in [-0.25, -0.2) is 10.2 Å². The molecule has 8 nitrogen and oxygen atoms in total. The first-order valence-corrected chi connectivity index (χ1v) is 10.7. The van der Waals surface area contributed by atoms with E-state index in [2.05, 4.69) is 15.8 Å². The number of esters is 1. The average Bonchev–Trinajstić information content (AvgIpc) is 2.84. The second kappa shape index (κ2) is 12.0. The first-order valence-electron chi connectivity index (χ1n) is 10.7. The van der Waals surface area contributed by atoms with E-state index in [0.717, 1.165) is 12.0 Å². The van der Waals surface area contributed by atoms with Crippen molar-refractivity contribution >= 4 is 29.7 Å². The minimum Gasteiger partial charge on any atom is -0.494 e. The van der Waals surface area contributed by atoms with E-state index in [9.17, 15) is 14.4 Å². The second-order valence-corrected chi connectivity index (χ2v) is 7.35. The fourth-order valence-electron chi connectivity index (χ4n) is 2.82. The Bertz CT molecular complexity index is 1170. The summed E-state index contributed by atoms with van der Waals surface area (Å²) in [6, 6.07) is 20.4. The number of aryl methyl sites for hydroxylation is 1. The van der Waals surface area contributed by atoms with Crippen molar-refractivity contribution in [2.45, 2.75) is 20.3 Å². The van der Waals surface area contributed by atoms with E-state index in [-0.39, 0.29) is 0 Å². The van der Waals surface area contributed by atoms with Crippen LogP contribution in [-0.4, -0.2) is 30.6 Å². The molecular weight excluding hydrogens is 434 g/mol. The van der Waals surface area contributed by atoms with Gasteiger partial charge in [-0.3, -0.25) is 9.59 Å². The standard InChI is InChI=1S/C26H25N3O5/c1-3-15-33-22-13-9-20(10-14-22)26(32)34-23-11-7-19(8-12-23)17-27-29-25(31)24(30)28-21-6-4-5-18(2)16-21/h4-14,16-17H,3,15H2,1-2H3,(H,28,30)(H,29,31). The SMILES string of the molecule is CCCOc1ccc(C(=O)Oc2ccc(C=NNC(=O)C(=O)Nc3cccc(C)c3)cc2)cc1. The van der Waals surface area contributed by atoms with E-state index >= 15 is 0 Å². The van der Waals surface area contributed by atoms with Gasteiger partial charge in [0.2, 0.25) is 0 Å². The predicted molar refractivity (Wildman–Crippen MR) is 129 cm³/mol. The number of hydrogen-bond acceptors (Lipinski definition) is 6. The van der Waals surface area contributed by atoms with Crippen molar-refractivity contribution in [3.8, 4) is 11.5 Å². The Labute approximate surface area is 197 Å². The molecule has 0 heterocycles. The molecule has 0 aliphatic carbocycles. The summed E-state index contributed by atoms with van der Waals surface area (Å²) in [5.41, 5.74) is 4.70. The van der Waals surface area contributed by atoms with Crippen molar-refractivity contribution < 1.29 is 23.9 Å². The van der Waals surface area contributed by atoms with Gasteiger partial charge in [0.15, 0.2) is 0 Å². The Kier molecular flexibility index (Phi) is 8.51. The molecule has 0 fully saturated rings. The Morgan fingerprint density at radius 3 is 2.29 bits per heavy atom. The average molecular weight is 460 g/mol. The molecule has 0 spiro atoms. The van der Waals surface area contributed by atoms with Crippen LogP contribution in [-0.2, 0) is 9.59 Å². The first-order chi connectivity index (χ1) is 16.4. The number of hydrazone groups is 1. The van der Waals surface area contributed by atoms with Crippen molar-refractivity contribution in [2.24, 2.45) is 5.10 Å². The highest BCUT2D eigenvalue weighted by Crippen LogP contribution is 2.16. The van der Waals surface area contributed by atoms with Gasteiger partial charge in [0, 0.05) is 5.69 Å². The summed E-state index contributed by atoms with van der Waals surface area (Å²) in [5, 5.41) is 6.29. The number of anilines is 1. The van der Waals surface area contributed by atoms with Gasteiger partial charge in [-0.1, -0.05) is 19.1 Å². The lowest BCUT2D eigenvalue weighted by Crippen LogP contribution is -2.32. The van der Waals surface area contributed by atoms with Crippen LogP contribution in [0.5, 0.6) is 11.5 Å². The third-order valence-electron chi connectivity index (χ3n) is 4.52. The molecule has 0 saturated carbocycles. The van der Waals surface area contributed by atoms with Crippen LogP contribution in [0.4, 0.5) is 5.69 Å². The van der Waals surface area contributed by atoms with E-state index in [4.69, 9.17) is 9.47 Å². The number of benzene rings is 3. The van der Waals surface area contributed by atoms with Crippen LogP contribution in [0.25, 0.3) is 0 Å². The summed E-state index contributed by atoms with van der Waals surface area (Å²) in [6.45, 7) is 4.52. The monoisotopic (exact) mass is 459 g/mol. The summed E-state index contributed by atoms with van der Waals surface area (Å²) in [4.78, 5) is 36.2. The molecule has 174 valence electrons. The predicted octanol–water partition coefficient (Wildman–Crippen LogP) is 4.09. The quantitative estimate of drug-likeness (QED) is 0.174. The van der Waals surface area contributed by atoms with Gasteiger partial charge in [-0.15, -0.1) is 0 Å². The van der Waals surface area contributed by atoms with Gasteiger partial charge in [0.1, 0.15) is 11.5 Å². The summed E-state index contributed by atoms with van der Waals surface area (Å²) >= 11 is 0. The molecule has 0 atom stereocenters. The minimum atomic E-state index is -0.894. The summed E-state index contributed by atoms with van der Waals surface area (Å²) in [6.07, 6.45) is 2.28. The molecule has 8 heteroatoms. The van der Waals surface area contributed by atoms with Crippen LogP contribution in [0.1, 0.15) is 34.8 Å². The Morgan fingerprint density at radius 2 is 1.62 bits per heavy atom. The van der Waals surface area contributed by atoms with Crippen LogP contribution in [0.2, 0.25) is 0 Å². The molecular formula is C26H25N3O5. The van der Waals surface area contributed by atoms with Crippen LogP contribution < -0.4 is 20.2 Å². The lowest BCUT2D eigenvalue weighted by atomic mass is 10.2. The fraction of sp³-hybridized carbons (Fsp3) is 0.154. The zero-order valence-electron chi connectivity index (χ0n) is 18.9. The highest BCUT2D eigenvalue weighted by molar-refractivity contribution is 6.39. The number of hydrogen-bond donors (Lipinski definition) is 2. The van der Waals surface area contributed by atoms with Crippen LogP contribution in [0.15, 0.2) is 77.9 Å². The molecule has 2 amide bonds. The third-order valence-corrected chi connectivity index (χ3v) is 4.52. The summed E-state index contributed by atoms with van der Waals surface area (Å²) < 4.78 is 10.9. The summed E-state index contributed by atoms with van der Waals surface area (Å²) in [5.74, 6) is -1.16. The molecule has 3 aromatic rings. The molecule has 2 N–H and O–H groups in total. The Hall–Kier alpha value is -4.46. The largest absolute Gasteiger partial charge is 0.494 e. The Balaban J connectivity index is 1.48. The number of nitrogens with one attached hydrogen (secondary N) is 2. The number of nitrogens with zero attached hydrogens (tertiary/aromatic N) is 1. The minimum absolute atomic E-state index is 0.357. The van der Waals surface area contributed by atoms with E-state index in [1.807, 2.05) is 19.9 Å². The number of carbonyl (C=O) groups excluding carboxylic acids is 3. The van der Waals surface area contributed by atoms with Gasteiger partial charge < -0.3 is 14.8 Å². The highest BCUT2D eigenvalue weighted by Gasteiger charge is 2.13. The molecule has 0 saturated heterocycles. The number of amides is 2. The van der Waals surface area contributed by atoms with E-state index in [1.54, 1.807) is 66.7 Å². The van der Waals surface area contributed by atoms with E-state index in [0.29, 0.717) is 34.9 Å². The summed E-state index contributed by atoms with van der Waals surface area (Å²) in [7, 11) is 0. The molecule has 0 radical (unpaired) electrons. The number of rotatable bonds is 8. The molecule has 0 aromatic heterocycles. The number of ether oxygens (including phenoxy) is 2. The van der Waals surface area contributed by atoms with Gasteiger partial charge in [-0.05, 0) is 85.1 Å². The van der Waals surface area contributed by atoms with Crippen molar-refractivity contribution in [3.63, 3.8) is 0 Å². The maximum atomic E-state index is 12.3. The van der Waals surface area contributed by atoms with Crippen LogP contribution in [0.3, 0.4) is 0 Å². The molecule has 0 unspecified atom stereocenters. The van der Waals surface area contributed by atoms with Crippen molar-refractivity contribution in [1.82, 2.24) is 5.43 Å². The van der Waals surface area contributed by atoms with Crippen molar-refractivity contribution in [3.05, 3.63) is 89.5 Å². The lowest BCUT2D eigenvalue weighted by Gasteiger charge is -2.07. The first kappa shape index (κ1) is 24.2. The van der Waals surface area contributed by atoms with Gasteiger partial charge in [0.25, 0.3) is 0 Å². The van der Waals surface area contributed by atoms with Crippen molar-refractivity contribution in [2.75, 3.05) is 11.9 Å². The highest BCUT2D eigenvalue weighted by atomic mass is 16.5. The van der Waals surface area contributed by atoms with Crippen LogP contribution >= 0.6 is 0 Å². The normalized spacial score (nSPS) is 10.5. The molecule has 0 aliphatic heterocycles. The fourth-order valence-corrected chi connectivity index (χ4v) is 2.82.